The van der Waals surface area contributed by atoms with Crippen LogP contribution in [0.5, 0.6) is 5.75 Å². The number of nitrogens with one attached hydrogen (secondary N) is 1. The zero-order chi connectivity index (χ0) is 14.7. The third kappa shape index (κ3) is 2.89. The number of carbonyl (C=O) groups is 2. The lowest BCUT2D eigenvalue weighted by atomic mass is 10.0. The minimum atomic E-state index is -0.899. The smallest absolute Gasteiger partial charge is 0.308 e. The Balaban J connectivity index is 2.10. The van der Waals surface area contributed by atoms with Crippen molar-refractivity contribution in [3.8, 4) is 5.75 Å². The van der Waals surface area contributed by atoms with E-state index in [2.05, 4.69) is 5.32 Å². The SMILES string of the molecule is COc1cc(C(=O)N[C@H]2CCC[C@@H]2C(=O)O)ccc1F. The van der Waals surface area contributed by atoms with Gasteiger partial charge in [-0.1, -0.05) is 6.42 Å². The minimum Gasteiger partial charge on any atom is -0.494 e. The molecule has 2 rings (SSSR count). The molecule has 1 amide bonds. The Morgan fingerprint density at radius 2 is 2.15 bits per heavy atom. The van der Waals surface area contributed by atoms with Crippen molar-refractivity contribution in [3.05, 3.63) is 29.6 Å². The van der Waals surface area contributed by atoms with Gasteiger partial charge < -0.3 is 15.2 Å². The monoisotopic (exact) mass is 281 g/mol. The number of methoxy groups -OCH3 is 1. The van der Waals surface area contributed by atoms with Crippen molar-refractivity contribution < 1.29 is 23.8 Å². The van der Waals surface area contributed by atoms with Crippen molar-refractivity contribution in [2.75, 3.05) is 7.11 Å². The van der Waals surface area contributed by atoms with E-state index in [1.165, 1.54) is 19.2 Å². The largest absolute Gasteiger partial charge is 0.494 e. The highest BCUT2D eigenvalue weighted by Crippen LogP contribution is 2.26. The van der Waals surface area contributed by atoms with E-state index < -0.39 is 23.6 Å². The molecule has 0 spiro atoms. The first-order valence-corrected chi connectivity index (χ1v) is 6.40. The van der Waals surface area contributed by atoms with E-state index in [0.717, 1.165) is 12.5 Å². The first-order chi connectivity index (χ1) is 9.52. The van der Waals surface area contributed by atoms with Crippen LogP contribution in [0, 0.1) is 11.7 Å². The van der Waals surface area contributed by atoms with Gasteiger partial charge in [-0.3, -0.25) is 9.59 Å². The summed E-state index contributed by atoms with van der Waals surface area (Å²) in [5.74, 6) is -2.43. The van der Waals surface area contributed by atoms with Crippen molar-refractivity contribution in [1.29, 1.82) is 0 Å². The average molecular weight is 281 g/mol. The third-order valence-electron chi connectivity index (χ3n) is 3.56. The highest BCUT2D eigenvalue weighted by molar-refractivity contribution is 5.95. The number of aliphatic carboxylic acids is 1. The van der Waals surface area contributed by atoms with Gasteiger partial charge in [0.05, 0.1) is 13.0 Å². The number of benzene rings is 1. The molecule has 0 heterocycles. The Bertz CT molecular complexity index is 532. The van der Waals surface area contributed by atoms with E-state index >= 15 is 0 Å². The fourth-order valence-electron chi connectivity index (χ4n) is 2.48. The Kier molecular flexibility index (Phi) is 4.22. The molecular weight excluding hydrogens is 265 g/mol. The fourth-order valence-corrected chi connectivity index (χ4v) is 2.48. The Morgan fingerprint density at radius 3 is 2.80 bits per heavy atom. The number of ether oxygens (including phenoxy) is 1. The van der Waals surface area contributed by atoms with Crippen LogP contribution in [0.2, 0.25) is 0 Å². The highest BCUT2D eigenvalue weighted by atomic mass is 19.1. The molecule has 1 fully saturated rings. The quantitative estimate of drug-likeness (QED) is 0.882. The van der Waals surface area contributed by atoms with Crippen LogP contribution >= 0.6 is 0 Å². The molecule has 108 valence electrons. The number of amides is 1. The molecule has 1 aromatic rings. The van der Waals surface area contributed by atoms with Gasteiger partial charge in [0.25, 0.3) is 5.91 Å². The molecular formula is C14H16FNO4. The molecule has 2 N–H and O–H groups in total. The zero-order valence-corrected chi connectivity index (χ0v) is 11.1. The maximum absolute atomic E-state index is 13.3. The second-order valence-electron chi connectivity index (χ2n) is 4.80. The van der Waals surface area contributed by atoms with Gasteiger partial charge in [0.15, 0.2) is 11.6 Å². The predicted molar refractivity (Wildman–Crippen MR) is 69.2 cm³/mol. The summed E-state index contributed by atoms with van der Waals surface area (Å²) in [5.41, 5.74) is 0.249. The number of rotatable bonds is 4. The average Bonchev–Trinajstić information content (AvgIpc) is 2.87. The van der Waals surface area contributed by atoms with E-state index in [1.54, 1.807) is 0 Å². The van der Waals surface area contributed by atoms with Gasteiger partial charge in [-0.05, 0) is 31.0 Å². The lowest BCUT2D eigenvalue weighted by Gasteiger charge is -2.17. The molecule has 6 heteroatoms. The van der Waals surface area contributed by atoms with Crippen LogP contribution in [0.3, 0.4) is 0 Å². The number of carboxylic acids is 1. The zero-order valence-electron chi connectivity index (χ0n) is 11.1. The van der Waals surface area contributed by atoms with E-state index in [-0.39, 0.29) is 17.4 Å². The summed E-state index contributed by atoms with van der Waals surface area (Å²) >= 11 is 0. The Labute approximate surface area is 115 Å². The summed E-state index contributed by atoms with van der Waals surface area (Å²) in [6, 6.07) is 3.42. The summed E-state index contributed by atoms with van der Waals surface area (Å²) in [7, 11) is 1.32. The van der Waals surface area contributed by atoms with Crippen molar-refractivity contribution in [3.63, 3.8) is 0 Å². The first kappa shape index (κ1) is 14.3. The van der Waals surface area contributed by atoms with Gasteiger partial charge in [0.2, 0.25) is 0 Å². The topological polar surface area (TPSA) is 75.6 Å². The van der Waals surface area contributed by atoms with E-state index in [9.17, 15) is 14.0 Å². The van der Waals surface area contributed by atoms with Crippen LogP contribution in [-0.2, 0) is 4.79 Å². The molecule has 0 radical (unpaired) electrons. The molecule has 0 aliphatic heterocycles. The molecule has 1 aliphatic rings. The van der Waals surface area contributed by atoms with Gasteiger partial charge in [0, 0.05) is 11.6 Å². The van der Waals surface area contributed by atoms with Crippen LogP contribution in [0.4, 0.5) is 4.39 Å². The number of hydrogen-bond donors (Lipinski definition) is 2. The van der Waals surface area contributed by atoms with Gasteiger partial charge in [-0.15, -0.1) is 0 Å². The molecule has 1 aliphatic carbocycles. The first-order valence-electron chi connectivity index (χ1n) is 6.40. The van der Waals surface area contributed by atoms with Crippen LogP contribution in [0.15, 0.2) is 18.2 Å². The second-order valence-corrected chi connectivity index (χ2v) is 4.80. The van der Waals surface area contributed by atoms with E-state index in [0.29, 0.717) is 12.8 Å². The van der Waals surface area contributed by atoms with E-state index in [4.69, 9.17) is 9.84 Å². The van der Waals surface area contributed by atoms with Gasteiger partial charge in [0.1, 0.15) is 0 Å². The van der Waals surface area contributed by atoms with Crippen molar-refractivity contribution >= 4 is 11.9 Å². The van der Waals surface area contributed by atoms with Crippen LogP contribution in [0.1, 0.15) is 29.6 Å². The Hall–Kier alpha value is -2.11. The summed E-state index contributed by atoms with van der Waals surface area (Å²) in [5, 5.41) is 11.8. The van der Waals surface area contributed by atoms with Gasteiger partial charge >= 0.3 is 5.97 Å². The van der Waals surface area contributed by atoms with Gasteiger partial charge in [-0.2, -0.15) is 0 Å². The van der Waals surface area contributed by atoms with Crippen LogP contribution in [-0.4, -0.2) is 30.1 Å². The van der Waals surface area contributed by atoms with E-state index in [1.807, 2.05) is 0 Å². The lowest BCUT2D eigenvalue weighted by Crippen LogP contribution is -2.40. The maximum Gasteiger partial charge on any atom is 0.308 e. The molecule has 0 unspecified atom stereocenters. The third-order valence-corrected chi connectivity index (χ3v) is 3.56. The lowest BCUT2D eigenvalue weighted by molar-refractivity contribution is -0.142. The van der Waals surface area contributed by atoms with Gasteiger partial charge in [-0.25, -0.2) is 4.39 Å². The summed E-state index contributed by atoms with van der Waals surface area (Å²) in [6.45, 7) is 0. The Morgan fingerprint density at radius 1 is 1.40 bits per heavy atom. The molecule has 0 bridgehead atoms. The van der Waals surface area contributed by atoms with Crippen LogP contribution in [0.25, 0.3) is 0 Å². The molecule has 1 aromatic carbocycles. The molecule has 2 atom stereocenters. The normalized spacial score (nSPS) is 21.5. The molecule has 0 saturated heterocycles. The predicted octanol–water partition coefficient (Wildman–Crippen LogP) is 1.82. The van der Waals surface area contributed by atoms with Crippen molar-refractivity contribution in [2.45, 2.75) is 25.3 Å². The molecule has 1 saturated carbocycles. The highest BCUT2D eigenvalue weighted by Gasteiger charge is 2.34. The second kappa shape index (κ2) is 5.90. The summed E-state index contributed by atoms with van der Waals surface area (Å²) in [4.78, 5) is 23.1. The molecule has 20 heavy (non-hydrogen) atoms. The maximum atomic E-state index is 13.3. The molecule has 5 nitrogen and oxygen atoms in total. The van der Waals surface area contributed by atoms with Crippen molar-refractivity contribution in [2.24, 2.45) is 5.92 Å². The number of hydrogen-bond acceptors (Lipinski definition) is 3. The fraction of sp³-hybridized carbons (Fsp3) is 0.429. The van der Waals surface area contributed by atoms with Crippen molar-refractivity contribution in [1.82, 2.24) is 5.32 Å². The summed E-state index contributed by atoms with van der Waals surface area (Å²) < 4.78 is 18.1. The number of halogens is 1. The number of carbonyl (C=O) groups excluding carboxylic acids is 1. The summed E-state index contributed by atoms with van der Waals surface area (Å²) in [6.07, 6.45) is 1.97. The number of carboxylic acid groups (broad SMARTS) is 1. The standard InChI is InChI=1S/C14H16FNO4/c1-20-12-7-8(5-6-10(12)15)13(17)16-11-4-2-3-9(11)14(18)19/h5-7,9,11H,2-4H2,1H3,(H,16,17)(H,18,19)/t9-,11-/m0/s1. The minimum absolute atomic E-state index is 0.0149. The molecule has 0 aromatic heterocycles. The van der Waals surface area contributed by atoms with Crippen LogP contribution < -0.4 is 10.1 Å².